The standard InChI is InChI=1S/C33H35BrN2O/c1-24-29(22-27-21-28(34)16-17-30(27)35-24)32(26-13-8-5-9-14-26)33(2,31-15-10-20-37-31)18-19-36(3)23-25-11-6-4-7-12-25/h5-6,8-17,20-22,32H,4,7,18-19,23H2,1-3H3. The quantitative estimate of drug-likeness (QED) is 0.207. The molecular formula is C33H35BrN2O. The first-order valence-electron chi connectivity index (χ1n) is 13.1. The smallest absolute Gasteiger partial charge is 0.110 e. The van der Waals surface area contributed by atoms with Gasteiger partial charge in [-0.2, -0.15) is 0 Å². The van der Waals surface area contributed by atoms with Gasteiger partial charge < -0.3 is 9.32 Å². The van der Waals surface area contributed by atoms with Gasteiger partial charge in [0, 0.05) is 33.4 Å². The van der Waals surface area contributed by atoms with Crippen LogP contribution in [0.25, 0.3) is 10.9 Å². The highest BCUT2D eigenvalue weighted by Gasteiger charge is 2.41. The fourth-order valence-corrected chi connectivity index (χ4v) is 6.08. The summed E-state index contributed by atoms with van der Waals surface area (Å²) in [6, 6.07) is 23.7. The molecule has 3 nitrogen and oxygen atoms in total. The molecule has 190 valence electrons. The number of rotatable bonds is 9. The molecule has 0 amide bonds. The molecule has 0 spiro atoms. The van der Waals surface area contributed by atoms with E-state index in [4.69, 9.17) is 9.40 Å². The first-order valence-corrected chi connectivity index (χ1v) is 13.9. The third-order valence-electron chi connectivity index (χ3n) is 7.71. The largest absolute Gasteiger partial charge is 0.469 e. The van der Waals surface area contributed by atoms with Crippen molar-refractivity contribution in [2.75, 3.05) is 20.1 Å². The van der Waals surface area contributed by atoms with Gasteiger partial charge in [-0.15, -0.1) is 0 Å². The molecule has 2 unspecified atom stereocenters. The van der Waals surface area contributed by atoms with Crippen molar-refractivity contribution in [3.63, 3.8) is 0 Å². The third-order valence-corrected chi connectivity index (χ3v) is 8.20. The Bertz CT molecular complexity index is 1410. The van der Waals surface area contributed by atoms with E-state index in [2.05, 4.69) is 121 Å². The fraction of sp³-hybridized carbons (Fsp3) is 0.303. The second-order valence-corrected chi connectivity index (χ2v) is 11.4. The Balaban J connectivity index is 1.58. The lowest BCUT2D eigenvalue weighted by atomic mass is 9.66. The number of benzene rings is 2. The average molecular weight is 556 g/mol. The van der Waals surface area contributed by atoms with Crippen molar-refractivity contribution in [2.24, 2.45) is 0 Å². The van der Waals surface area contributed by atoms with Crippen molar-refractivity contribution >= 4 is 26.8 Å². The lowest BCUT2D eigenvalue weighted by Gasteiger charge is -2.39. The molecule has 1 aliphatic rings. The summed E-state index contributed by atoms with van der Waals surface area (Å²) in [6.45, 7) is 6.42. The maximum Gasteiger partial charge on any atom is 0.110 e. The highest BCUT2D eigenvalue weighted by Crippen LogP contribution is 2.47. The van der Waals surface area contributed by atoms with Gasteiger partial charge in [0.15, 0.2) is 0 Å². The van der Waals surface area contributed by atoms with Crippen molar-refractivity contribution in [1.82, 2.24) is 9.88 Å². The highest BCUT2D eigenvalue weighted by molar-refractivity contribution is 9.10. The molecule has 2 atom stereocenters. The van der Waals surface area contributed by atoms with Crippen LogP contribution >= 0.6 is 15.9 Å². The zero-order valence-electron chi connectivity index (χ0n) is 22.0. The van der Waals surface area contributed by atoms with Crippen molar-refractivity contribution in [1.29, 1.82) is 0 Å². The van der Waals surface area contributed by atoms with Crippen molar-refractivity contribution in [3.05, 3.63) is 124 Å². The first-order chi connectivity index (χ1) is 17.9. The van der Waals surface area contributed by atoms with Crippen LogP contribution in [-0.4, -0.2) is 30.0 Å². The van der Waals surface area contributed by atoms with Gasteiger partial charge in [0.1, 0.15) is 5.76 Å². The minimum Gasteiger partial charge on any atom is -0.469 e. The summed E-state index contributed by atoms with van der Waals surface area (Å²) < 4.78 is 7.25. The molecular weight excluding hydrogens is 520 g/mol. The van der Waals surface area contributed by atoms with E-state index in [1.807, 2.05) is 6.07 Å². The Labute approximate surface area is 229 Å². The monoisotopic (exact) mass is 554 g/mol. The minimum absolute atomic E-state index is 0.0814. The van der Waals surface area contributed by atoms with Gasteiger partial charge in [-0.1, -0.05) is 71.4 Å². The van der Waals surface area contributed by atoms with E-state index in [0.717, 1.165) is 59.2 Å². The molecule has 5 rings (SSSR count). The molecule has 37 heavy (non-hydrogen) atoms. The molecule has 2 heterocycles. The highest BCUT2D eigenvalue weighted by atomic mass is 79.9. The number of halogens is 1. The second-order valence-electron chi connectivity index (χ2n) is 10.5. The molecule has 0 radical (unpaired) electrons. The van der Waals surface area contributed by atoms with E-state index in [9.17, 15) is 0 Å². The summed E-state index contributed by atoms with van der Waals surface area (Å²) in [5, 5.41) is 1.14. The Kier molecular flexibility index (Phi) is 7.78. The summed E-state index contributed by atoms with van der Waals surface area (Å²) in [5.74, 6) is 1.10. The zero-order valence-corrected chi connectivity index (χ0v) is 23.5. The van der Waals surface area contributed by atoms with Gasteiger partial charge in [0.05, 0.1) is 11.8 Å². The number of aromatic nitrogens is 1. The number of fused-ring (bicyclic) bond motifs is 1. The number of hydrogen-bond donors (Lipinski definition) is 0. The van der Waals surface area contributed by atoms with Gasteiger partial charge in [-0.25, -0.2) is 0 Å². The van der Waals surface area contributed by atoms with Crippen LogP contribution in [-0.2, 0) is 5.41 Å². The number of furan rings is 1. The molecule has 1 aliphatic carbocycles. The van der Waals surface area contributed by atoms with Crippen LogP contribution in [0.5, 0.6) is 0 Å². The molecule has 0 bridgehead atoms. The Morgan fingerprint density at radius 3 is 2.62 bits per heavy atom. The number of nitrogens with zero attached hydrogens (tertiary/aromatic N) is 2. The molecule has 4 heteroatoms. The number of likely N-dealkylation sites (N-methyl/N-ethyl adjacent to an activating group) is 1. The number of aryl methyl sites for hydroxylation is 1. The van der Waals surface area contributed by atoms with Gasteiger partial charge in [-0.3, -0.25) is 4.98 Å². The van der Waals surface area contributed by atoms with E-state index >= 15 is 0 Å². The Morgan fingerprint density at radius 2 is 1.89 bits per heavy atom. The molecule has 2 aromatic carbocycles. The molecule has 0 saturated carbocycles. The van der Waals surface area contributed by atoms with Crippen LogP contribution < -0.4 is 0 Å². The van der Waals surface area contributed by atoms with Crippen LogP contribution in [0.15, 0.2) is 106 Å². The predicted octanol–water partition coefficient (Wildman–Crippen LogP) is 8.59. The minimum atomic E-state index is -0.276. The Hall–Kier alpha value is -2.95. The Morgan fingerprint density at radius 1 is 1.05 bits per heavy atom. The topological polar surface area (TPSA) is 29.3 Å². The van der Waals surface area contributed by atoms with E-state index in [0.29, 0.717) is 0 Å². The van der Waals surface area contributed by atoms with Gasteiger partial charge in [0.25, 0.3) is 0 Å². The van der Waals surface area contributed by atoms with Crippen LogP contribution in [0.1, 0.15) is 54.7 Å². The van der Waals surface area contributed by atoms with E-state index in [1.54, 1.807) is 6.26 Å². The summed E-state index contributed by atoms with van der Waals surface area (Å²) >= 11 is 3.65. The van der Waals surface area contributed by atoms with Crippen LogP contribution in [0.4, 0.5) is 0 Å². The first kappa shape index (κ1) is 25.7. The summed E-state index contributed by atoms with van der Waals surface area (Å²) in [5.41, 5.74) is 5.74. The van der Waals surface area contributed by atoms with E-state index < -0.39 is 0 Å². The van der Waals surface area contributed by atoms with Gasteiger partial charge in [0.2, 0.25) is 0 Å². The zero-order chi connectivity index (χ0) is 25.8. The summed E-state index contributed by atoms with van der Waals surface area (Å²) in [4.78, 5) is 7.49. The third kappa shape index (κ3) is 5.66. The number of allylic oxidation sites excluding steroid dienone is 2. The average Bonchev–Trinajstić information content (AvgIpc) is 3.45. The van der Waals surface area contributed by atoms with E-state index in [1.165, 1.54) is 16.7 Å². The van der Waals surface area contributed by atoms with Crippen LogP contribution in [0.2, 0.25) is 0 Å². The lowest BCUT2D eigenvalue weighted by Crippen LogP contribution is -2.36. The molecule has 2 aromatic heterocycles. The van der Waals surface area contributed by atoms with Crippen LogP contribution in [0, 0.1) is 6.92 Å². The molecule has 0 N–H and O–H groups in total. The maximum absolute atomic E-state index is 6.18. The molecule has 4 aromatic rings. The van der Waals surface area contributed by atoms with Crippen molar-refractivity contribution < 1.29 is 4.42 Å². The lowest BCUT2D eigenvalue weighted by molar-refractivity contribution is 0.254. The van der Waals surface area contributed by atoms with Crippen LogP contribution in [0.3, 0.4) is 0 Å². The van der Waals surface area contributed by atoms with Crippen molar-refractivity contribution in [2.45, 2.75) is 44.4 Å². The predicted molar refractivity (Wildman–Crippen MR) is 157 cm³/mol. The maximum atomic E-state index is 6.18. The molecule has 0 aliphatic heterocycles. The van der Waals surface area contributed by atoms with E-state index in [-0.39, 0.29) is 11.3 Å². The van der Waals surface area contributed by atoms with Crippen molar-refractivity contribution in [3.8, 4) is 0 Å². The normalized spacial score (nSPS) is 16.1. The number of pyridine rings is 1. The van der Waals surface area contributed by atoms with Gasteiger partial charge in [-0.05, 0) is 92.9 Å². The molecule has 0 fully saturated rings. The second kappa shape index (κ2) is 11.2. The van der Waals surface area contributed by atoms with Gasteiger partial charge >= 0.3 is 0 Å². The summed E-state index contributed by atoms with van der Waals surface area (Å²) in [7, 11) is 2.23. The fourth-order valence-electron chi connectivity index (χ4n) is 5.70. The SMILES string of the molecule is Cc1nc2ccc(Br)cc2cc1C(c1ccccc1)C(C)(CCN(C)CC1=CCCC=C1)c1ccco1. The molecule has 0 saturated heterocycles. The number of hydrogen-bond acceptors (Lipinski definition) is 3. The summed E-state index contributed by atoms with van der Waals surface area (Å²) in [6.07, 6.45) is 12.0.